The van der Waals surface area contributed by atoms with Crippen molar-refractivity contribution in [3.05, 3.63) is 0 Å². The molecule has 2 saturated heterocycles. The van der Waals surface area contributed by atoms with E-state index in [1.165, 1.54) is 12.8 Å². The molecule has 0 aromatic heterocycles. The van der Waals surface area contributed by atoms with Gasteiger partial charge in [-0.15, -0.1) is 0 Å². The topological polar surface area (TPSA) is 32.3 Å². The highest BCUT2D eigenvalue weighted by Crippen LogP contribution is 2.30. The van der Waals surface area contributed by atoms with Crippen molar-refractivity contribution in [2.75, 3.05) is 19.6 Å². The van der Waals surface area contributed by atoms with E-state index in [1.54, 1.807) is 0 Å². The molecule has 1 N–H and O–H groups in total. The first kappa shape index (κ1) is 12.9. The van der Waals surface area contributed by atoms with Gasteiger partial charge in [0.2, 0.25) is 5.91 Å². The Morgan fingerprint density at radius 2 is 2.18 bits per heavy atom. The fourth-order valence-corrected chi connectivity index (χ4v) is 3.23. The second-order valence-corrected chi connectivity index (χ2v) is 6.60. The van der Waals surface area contributed by atoms with Gasteiger partial charge in [-0.2, -0.15) is 0 Å². The van der Waals surface area contributed by atoms with Gasteiger partial charge < -0.3 is 10.2 Å². The normalized spacial score (nSPS) is 33.5. The van der Waals surface area contributed by atoms with Gasteiger partial charge in [-0.05, 0) is 44.6 Å². The molecule has 0 aromatic rings. The smallest absolute Gasteiger partial charge is 0.225 e. The summed E-state index contributed by atoms with van der Waals surface area (Å²) >= 11 is 0. The lowest BCUT2D eigenvalue weighted by Gasteiger charge is -2.40. The predicted molar refractivity (Wildman–Crippen MR) is 69.8 cm³/mol. The summed E-state index contributed by atoms with van der Waals surface area (Å²) in [6.45, 7) is 9.65. The van der Waals surface area contributed by atoms with Gasteiger partial charge in [0.1, 0.15) is 0 Å². The second kappa shape index (κ2) is 4.97. The SMILES string of the molecule is CC1CC(C(=O)N2CCCC(C)(C)C2)CCN1. The zero-order valence-electron chi connectivity index (χ0n) is 11.5. The van der Waals surface area contributed by atoms with Gasteiger partial charge in [0.25, 0.3) is 0 Å². The van der Waals surface area contributed by atoms with E-state index in [0.717, 1.165) is 32.5 Å². The maximum absolute atomic E-state index is 12.5. The summed E-state index contributed by atoms with van der Waals surface area (Å²) in [6, 6.07) is 0.496. The van der Waals surface area contributed by atoms with E-state index in [-0.39, 0.29) is 5.92 Å². The Bertz CT molecular complexity index is 288. The van der Waals surface area contributed by atoms with Gasteiger partial charge in [0.05, 0.1) is 0 Å². The van der Waals surface area contributed by atoms with Crippen LogP contribution in [0.4, 0.5) is 0 Å². The van der Waals surface area contributed by atoms with Gasteiger partial charge in [-0.1, -0.05) is 13.8 Å². The van der Waals surface area contributed by atoms with Crippen LogP contribution in [0.1, 0.15) is 46.5 Å². The number of hydrogen-bond donors (Lipinski definition) is 1. The molecule has 2 rings (SSSR count). The van der Waals surface area contributed by atoms with Crippen molar-refractivity contribution in [3.63, 3.8) is 0 Å². The van der Waals surface area contributed by atoms with Gasteiger partial charge in [-0.3, -0.25) is 4.79 Å². The summed E-state index contributed by atoms with van der Waals surface area (Å²) in [7, 11) is 0. The average Bonchev–Trinajstić information content (AvgIpc) is 2.26. The summed E-state index contributed by atoms with van der Waals surface area (Å²) in [5, 5.41) is 3.42. The summed E-state index contributed by atoms with van der Waals surface area (Å²) in [4.78, 5) is 14.6. The van der Waals surface area contributed by atoms with Gasteiger partial charge >= 0.3 is 0 Å². The van der Waals surface area contributed by atoms with Crippen LogP contribution in [0.5, 0.6) is 0 Å². The fraction of sp³-hybridized carbons (Fsp3) is 0.929. The lowest BCUT2D eigenvalue weighted by Crippen LogP contribution is -2.49. The third kappa shape index (κ3) is 3.21. The highest BCUT2D eigenvalue weighted by Gasteiger charge is 2.33. The van der Waals surface area contributed by atoms with Gasteiger partial charge in [-0.25, -0.2) is 0 Å². The van der Waals surface area contributed by atoms with Crippen LogP contribution in [0.3, 0.4) is 0 Å². The molecule has 2 aliphatic rings. The molecule has 0 bridgehead atoms. The highest BCUT2D eigenvalue weighted by atomic mass is 16.2. The molecule has 0 spiro atoms. The third-order valence-electron chi connectivity index (χ3n) is 4.19. The first-order chi connectivity index (χ1) is 7.98. The average molecular weight is 238 g/mol. The number of nitrogens with one attached hydrogen (secondary N) is 1. The van der Waals surface area contributed by atoms with Crippen LogP contribution in [-0.4, -0.2) is 36.5 Å². The van der Waals surface area contributed by atoms with E-state index >= 15 is 0 Å². The van der Waals surface area contributed by atoms with Crippen LogP contribution in [0.2, 0.25) is 0 Å². The standard InChI is InChI=1S/C14H26N2O/c1-11-9-12(5-7-15-11)13(17)16-8-4-6-14(2,3)10-16/h11-12,15H,4-10H2,1-3H3. The lowest BCUT2D eigenvalue weighted by atomic mass is 9.83. The molecular formula is C14H26N2O. The summed E-state index contributed by atoms with van der Waals surface area (Å²) in [6.07, 6.45) is 4.44. The van der Waals surface area contributed by atoms with Crippen molar-refractivity contribution < 1.29 is 4.79 Å². The van der Waals surface area contributed by atoms with E-state index in [1.807, 2.05) is 0 Å². The molecule has 0 radical (unpaired) electrons. The number of hydrogen-bond acceptors (Lipinski definition) is 2. The number of carbonyl (C=O) groups is 1. The van der Waals surface area contributed by atoms with E-state index in [2.05, 4.69) is 31.0 Å². The van der Waals surface area contributed by atoms with Crippen LogP contribution < -0.4 is 5.32 Å². The monoisotopic (exact) mass is 238 g/mol. The highest BCUT2D eigenvalue weighted by molar-refractivity contribution is 5.79. The number of likely N-dealkylation sites (tertiary alicyclic amines) is 1. The van der Waals surface area contributed by atoms with Crippen LogP contribution >= 0.6 is 0 Å². The minimum atomic E-state index is 0.264. The molecule has 0 aromatic carbocycles. The Balaban J connectivity index is 1.94. The molecule has 2 atom stereocenters. The molecule has 0 saturated carbocycles. The molecule has 3 heteroatoms. The van der Waals surface area contributed by atoms with Crippen molar-refractivity contribution in [3.8, 4) is 0 Å². The summed E-state index contributed by atoms with van der Waals surface area (Å²) in [5.41, 5.74) is 0.312. The first-order valence-corrected chi connectivity index (χ1v) is 7.00. The van der Waals surface area contributed by atoms with Crippen LogP contribution in [0, 0.1) is 11.3 Å². The zero-order valence-corrected chi connectivity index (χ0v) is 11.5. The summed E-state index contributed by atoms with van der Waals surface area (Å²) in [5.74, 6) is 0.672. The lowest BCUT2D eigenvalue weighted by molar-refractivity contribution is -0.139. The molecule has 2 unspecified atom stereocenters. The summed E-state index contributed by atoms with van der Waals surface area (Å²) < 4.78 is 0. The number of piperidine rings is 2. The Morgan fingerprint density at radius 1 is 1.41 bits per heavy atom. The van der Waals surface area contributed by atoms with E-state index in [4.69, 9.17) is 0 Å². The number of amides is 1. The Morgan fingerprint density at radius 3 is 2.82 bits per heavy atom. The number of rotatable bonds is 1. The van der Waals surface area contributed by atoms with E-state index in [9.17, 15) is 4.79 Å². The van der Waals surface area contributed by atoms with Crippen molar-refractivity contribution >= 4 is 5.91 Å². The molecular weight excluding hydrogens is 212 g/mol. The molecule has 3 nitrogen and oxygen atoms in total. The van der Waals surface area contributed by atoms with Gasteiger partial charge in [0, 0.05) is 25.0 Å². The third-order valence-corrected chi connectivity index (χ3v) is 4.19. The molecule has 2 heterocycles. The second-order valence-electron chi connectivity index (χ2n) is 6.60. The number of nitrogens with zero attached hydrogens (tertiary/aromatic N) is 1. The van der Waals surface area contributed by atoms with Gasteiger partial charge in [0.15, 0.2) is 0 Å². The maximum atomic E-state index is 12.5. The van der Waals surface area contributed by atoms with Crippen LogP contribution in [0.15, 0.2) is 0 Å². The quantitative estimate of drug-likeness (QED) is 0.758. The van der Waals surface area contributed by atoms with E-state index < -0.39 is 0 Å². The van der Waals surface area contributed by atoms with Crippen molar-refractivity contribution in [1.29, 1.82) is 0 Å². The molecule has 1 amide bonds. The van der Waals surface area contributed by atoms with E-state index in [0.29, 0.717) is 17.4 Å². The first-order valence-electron chi connectivity index (χ1n) is 7.00. The van der Waals surface area contributed by atoms with Crippen molar-refractivity contribution in [1.82, 2.24) is 10.2 Å². The zero-order chi connectivity index (χ0) is 12.5. The van der Waals surface area contributed by atoms with Crippen LogP contribution in [0.25, 0.3) is 0 Å². The molecule has 17 heavy (non-hydrogen) atoms. The Labute approximate surface area is 105 Å². The molecule has 0 aliphatic carbocycles. The van der Waals surface area contributed by atoms with Crippen molar-refractivity contribution in [2.45, 2.75) is 52.5 Å². The molecule has 2 aliphatic heterocycles. The minimum Gasteiger partial charge on any atom is -0.342 e. The Kier molecular flexibility index (Phi) is 3.76. The minimum absolute atomic E-state index is 0.264. The van der Waals surface area contributed by atoms with Crippen molar-refractivity contribution in [2.24, 2.45) is 11.3 Å². The largest absolute Gasteiger partial charge is 0.342 e. The number of carbonyl (C=O) groups excluding carboxylic acids is 1. The van der Waals surface area contributed by atoms with Crippen LogP contribution in [-0.2, 0) is 4.79 Å². The fourth-order valence-electron chi connectivity index (χ4n) is 3.23. The molecule has 98 valence electrons. The maximum Gasteiger partial charge on any atom is 0.225 e. The predicted octanol–water partition coefficient (Wildman–Crippen LogP) is 2.02. The molecule has 2 fully saturated rings. The Hall–Kier alpha value is -0.570.